The van der Waals surface area contributed by atoms with Crippen molar-refractivity contribution in [2.75, 3.05) is 17.2 Å². The van der Waals surface area contributed by atoms with Gasteiger partial charge in [-0.25, -0.2) is 4.98 Å². The van der Waals surface area contributed by atoms with E-state index in [1.54, 1.807) is 19.2 Å². The van der Waals surface area contributed by atoms with Crippen molar-refractivity contribution in [2.45, 2.75) is 55.0 Å². The van der Waals surface area contributed by atoms with Crippen LogP contribution in [0.4, 0.5) is 5.13 Å². The Morgan fingerprint density at radius 1 is 1.38 bits per heavy atom. The number of fused-ring (bicyclic) bond motifs is 1. The number of rotatable bonds is 6. The van der Waals surface area contributed by atoms with Gasteiger partial charge in [-0.2, -0.15) is 11.8 Å². The van der Waals surface area contributed by atoms with Gasteiger partial charge in [0.1, 0.15) is 23.2 Å². The van der Waals surface area contributed by atoms with Crippen LogP contribution >= 0.6 is 34.9 Å². The molecule has 3 aliphatic rings. The van der Waals surface area contributed by atoms with Gasteiger partial charge in [-0.3, -0.25) is 9.59 Å². The van der Waals surface area contributed by atoms with E-state index < -0.39 is 40.0 Å². The minimum absolute atomic E-state index is 0. The molecule has 2 amide bonds. The number of thiazole rings is 1. The Balaban J connectivity index is 0.00000289. The largest absolute Gasteiger partial charge is 1.00 e. The molecule has 32 heavy (non-hydrogen) atoms. The van der Waals surface area contributed by atoms with Gasteiger partial charge in [0.15, 0.2) is 10.8 Å². The van der Waals surface area contributed by atoms with Crippen molar-refractivity contribution in [2.24, 2.45) is 5.16 Å². The second kappa shape index (κ2) is 10.1. The van der Waals surface area contributed by atoms with Crippen molar-refractivity contribution < 1.29 is 53.9 Å². The minimum Gasteiger partial charge on any atom is -0.548 e. The number of nitrogens with two attached hydrogens (primary N) is 1. The van der Waals surface area contributed by atoms with Gasteiger partial charge >= 0.3 is 29.6 Å². The molecule has 3 aliphatic heterocycles. The second-order valence-corrected chi connectivity index (χ2v) is 11.8. The Kier molecular flexibility index (Phi) is 8.09. The van der Waals surface area contributed by atoms with Crippen LogP contribution in [0.15, 0.2) is 10.5 Å². The molecular formula is C18H22N5NaO5S3. The van der Waals surface area contributed by atoms with Crippen molar-refractivity contribution in [1.82, 2.24) is 15.2 Å². The van der Waals surface area contributed by atoms with Crippen LogP contribution in [-0.4, -0.2) is 73.2 Å². The first-order valence-electron chi connectivity index (χ1n) is 9.73. The Bertz CT molecular complexity index is 936. The number of carboxylic acid groups (broad SMARTS) is 1. The van der Waals surface area contributed by atoms with E-state index in [-0.39, 0.29) is 52.2 Å². The molecule has 0 bridgehead atoms. The summed E-state index contributed by atoms with van der Waals surface area (Å²) >= 11 is 4.33. The molecule has 0 radical (unpaired) electrons. The van der Waals surface area contributed by atoms with Crippen LogP contribution in [-0.2, 0) is 19.2 Å². The molecule has 14 heteroatoms. The SMILES string of the molecule is CC1(C)S[C@@H]2[C@@H](NC(=O)/C(=N\OC3CCSCC3)c3csc(N)n3)C(=O)N2[C@H]1C(=O)[O-].[Na+]. The fourth-order valence-electron chi connectivity index (χ4n) is 3.85. The first-order valence-corrected chi connectivity index (χ1v) is 12.6. The van der Waals surface area contributed by atoms with Crippen molar-refractivity contribution in [3.8, 4) is 0 Å². The van der Waals surface area contributed by atoms with E-state index in [0.717, 1.165) is 35.7 Å². The van der Waals surface area contributed by atoms with Gasteiger partial charge < -0.3 is 30.7 Å². The topological polar surface area (TPSA) is 150 Å². The van der Waals surface area contributed by atoms with E-state index in [2.05, 4.69) is 15.5 Å². The van der Waals surface area contributed by atoms with Gasteiger partial charge in [0, 0.05) is 10.1 Å². The average molecular weight is 508 g/mol. The molecular weight excluding hydrogens is 485 g/mol. The number of anilines is 1. The number of oxime groups is 1. The maximum Gasteiger partial charge on any atom is 1.00 e. The van der Waals surface area contributed by atoms with E-state index in [4.69, 9.17) is 10.6 Å². The first kappa shape index (κ1) is 25.6. The number of nitrogen functional groups attached to an aromatic ring is 1. The standard InChI is InChI=1S/C18H23N5O5S3.Na/c1-18(2)12(16(26)27)23-14(25)11(15(23)31-18)21-13(24)10(9-7-30-17(19)20-9)22-28-8-3-5-29-6-4-8;/h7-8,11-12,15H,3-6H2,1-2H3,(H2,19,20)(H,21,24)(H,26,27);/q;+1/p-1/b22-10-;/t11-,12-,15+;/m0./s1. The van der Waals surface area contributed by atoms with Crippen molar-refractivity contribution >= 4 is 63.5 Å². The number of thioether (sulfide) groups is 2. The Labute approximate surface area is 219 Å². The summed E-state index contributed by atoms with van der Waals surface area (Å²) in [7, 11) is 0. The molecule has 0 spiro atoms. The van der Waals surface area contributed by atoms with Crippen LogP contribution in [0.1, 0.15) is 32.4 Å². The molecule has 3 saturated heterocycles. The van der Waals surface area contributed by atoms with Crippen LogP contribution in [0.5, 0.6) is 0 Å². The summed E-state index contributed by atoms with van der Waals surface area (Å²) in [5, 5.41) is 19.7. The molecule has 0 aliphatic carbocycles. The molecule has 168 valence electrons. The molecule has 4 rings (SSSR count). The molecule has 1 aromatic rings. The van der Waals surface area contributed by atoms with Gasteiger partial charge in [0.2, 0.25) is 5.91 Å². The fraction of sp³-hybridized carbons (Fsp3) is 0.611. The Morgan fingerprint density at radius 2 is 2.06 bits per heavy atom. The van der Waals surface area contributed by atoms with Gasteiger partial charge in [-0.1, -0.05) is 5.16 Å². The summed E-state index contributed by atoms with van der Waals surface area (Å²) in [5.74, 6) is -0.466. The van der Waals surface area contributed by atoms with Crippen LogP contribution in [0, 0.1) is 0 Å². The average Bonchev–Trinajstić information content (AvgIpc) is 3.25. The quantitative estimate of drug-likeness (QED) is 0.174. The molecule has 1 aromatic heterocycles. The maximum absolute atomic E-state index is 13.0. The van der Waals surface area contributed by atoms with Gasteiger partial charge in [0.25, 0.3) is 5.91 Å². The number of aromatic nitrogens is 1. The normalized spacial score (nSPS) is 27.2. The van der Waals surface area contributed by atoms with E-state index in [1.807, 2.05) is 11.8 Å². The van der Waals surface area contributed by atoms with Crippen LogP contribution in [0.2, 0.25) is 0 Å². The van der Waals surface area contributed by atoms with Crippen LogP contribution < -0.4 is 45.7 Å². The van der Waals surface area contributed by atoms with E-state index in [0.29, 0.717) is 0 Å². The molecule has 4 heterocycles. The number of β-lactam (4-membered cyclic amide) rings is 1. The summed E-state index contributed by atoms with van der Waals surface area (Å²) in [5.41, 5.74) is 5.92. The zero-order chi connectivity index (χ0) is 22.3. The molecule has 0 unspecified atom stereocenters. The second-order valence-electron chi connectivity index (χ2n) is 7.96. The summed E-state index contributed by atoms with van der Waals surface area (Å²) < 4.78 is -0.735. The van der Waals surface area contributed by atoms with Crippen molar-refractivity contribution in [3.05, 3.63) is 11.1 Å². The van der Waals surface area contributed by atoms with Crippen molar-refractivity contribution in [3.63, 3.8) is 0 Å². The number of nitrogens with one attached hydrogen (secondary N) is 1. The Morgan fingerprint density at radius 3 is 2.66 bits per heavy atom. The third-order valence-corrected chi connectivity index (χ3v) is 8.69. The number of carbonyl (C=O) groups is 3. The van der Waals surface area contributed by atoms with Gasteiger partial charge in [-0.15, -0.1) is 23.1 Å². The smallest absolute Gasteiger partial charge is 0.548 e. The zero-order valence-corrected chi connectivity index (χ0v) is 22.3. The number of aliphatic carboxylic acids is 1. The summed E-state index contributed by atoms with van der Waals surface area (Å²) in [6, 6.07) is -1.92. The number of hydrogen-bond acceptors (Lipinski definition) is 11. The zero-order valence-electron chi connectivity index (χ0n) is 17.9. The van der Waals surface area contributed by atoms with Crippen molar-refractivity contribution in [1.29, 1.82) is 0 Å². The minimum atomic E-state index is -1.31. The fourth-order valence-corrected chi connectivity index (χ4v) is 7.08. The molecule has 0 aromatic carbocycles. The first-order chi connectivity index (χ1) is 14.7. The third-order valence-electron chi connectivity index (χ3n) is 5.39. The molecule has 3 atom stereocenters. The predicted octanol–water partition coefficient (Wildman–Crippen LogP) is -3.36. The summed E-state index contributed by atoms with van der Waals surface area (Å²) in [6.07, 6.45) is 1.57. The summed E-state index contributed by atoms with van der Waals surface area (Å²) in [6.45, 7) is 3.48. The number of amides is 2. The predicted molar refractivity (Wildman–Crippen MR) is 118 cm³/mol. The molecule has 10 nitrogen and oxygen atoms in total. The summed E-state index contributed by atoms with van der Waals surface area (Å²) in [4.78, 5) is 48.2. The van der Waals surface area contributed by atoms with Gasteiger partial charge in [0.05, 0.1) is 12.0 Å². The maximum atomic E-state index is 13.0. The third kappa shape index (κ3) is 4.92. The molecule has 3 fully saturated rings. The number of hydrogen-bond donors (Lipinski definition) is 2. The van der Waals surface area contributed by atoms with Crippen LogP contribution in [0.25, 0.3) is 0 Å². The van der Waals surface area contributed by atoms with Crippen LogP contribution in [0.3, 0.4) is 0 Å². The number of carbonyl (C=O) groups excluding carboxylic acids is 3. The Hall–Kier alpha value is -0.990. The number of carboxylic acids is 1. The van der Waals surface area contributed by atoms with E-state index >= 15 is 0 Å². The van der Waals surface area contributed by atoms with Gasteiger partial charge in [-0.05, 0) is 38.2 Å². The monoisotopic (exact) mass is 507 g/mol. The van der Waals surface area contributed by atoms with E-state index in [1.165, 1.54) is 16.7 Å². The van der Waals surface area contributed by atoms with E-state index in [9.17, 15) is 19.5 Å². The number of nitrogens with zero attached hydrogens (tertiary/aromatic N) is 3. The molecule has 0 saturated carbocycles. The molecule has 3 N–H and O–H groups in total.